The van der Waals surface area contributed by atoms with Crippen molar-refractivity contribution in [2.24, 2.45) is 0 Å². The molecule has 0 saturated carbocycles. The molecule has 8 heteroatoms. The van der Waals surface area contributed by atoms with E-state index in [0.29, 0.717) is 6.61 Å². The molecule has 1 saturated heterocycles. The fourth-order valence-corrected chi connectivity index (χ4v) is 2.41. The number of ether oxygens (including phenoxy) is 5. The van der Waals surface area contributed by atoms with Crippen LogP contribution in [-0.2, 0) is 61.2 Å². The Labute approximate surface area is 151 Å². The summed E-state index contributed by atoms with van der Waals surface area (Å²) in [5, 5.41) is 2.78. The maximum absolute atomic E-state index is 11.4. The number of methoxy groups -OCH3 is 3. The van der Waals surface area contributed by atoms with Crippen molar-refractivity contribution in [1.82, 2.24) is 5.32 Å². The molecule has 7 nitrogen and oxygen atoms in total. The predicted octanol–water partition coefficient (Wildman–Crippen LogP) is -0.259. The molecule has 21 heavy (non-hydrogen) atoms. The van der Waals surface area contributed by atoms with Gasteiger partial charge in [-0.25, -0.2) is 0 Å². The molecule has 0 aromatic heterocycles. The third-order valence-corrected chi connectivity index (χ3v) is 3.17. The molecule has 121 valence electrons. The number of rotatable bonds is 7. The molecule has 1 amide bonds. The van der Waals surface area contributed by atoms with E-state index >= 15 is 0 Å². The van der Waals surface area contributed by atoms with E-state index in [1.54, 1.807) is 21.3 Å². The molecule has 1 fully saturated rings. The van der Waals surface area contributed by atoms with Crippen molar-refractivity contribution in [2.45, 2.75) is 37.6 Å². The second-order valence-corrected chi connectivity index (χ2v) is 4.50. The molecular formula is C13H24NO6Y-. The normalized spacial score (nSPS) is 32.3. The maximum atomic E-state index is 11.4. The van der Waals surface area contributed by atoms with Crippen LogP contribution in [0.3, 0.4) is 0 Å². The number of carbonyl (C=O) groups excluding carboxylic acids is 1. The topological polar surface area (TPSA) is 75.2 Å². The molecule has 0 aromatic carbocycles. The molecule has 0 aromatic rings. The largest absolute Gasteiger partial charge is 0.383 e. The van der Waals surface area contributed by atoms with Crippen LogP contribution in [0, 0.1) is 6.92 Å². The van der Waals surface area contributed by atoms with Crippen molar-refractivity contribution < 1.29 is 61.2 Å². The molecule has 0 aliphatic carbocycles. The monoisotopic (exact) mass is 379 g/mol. The summed E-state index contributed by atoms with van der Waals surface area (Å²) in [6.45, 7) is 5.62. The van der Waals surface area contributed by atoms with Gasteiger partial charge in [-0.05, 0) is 0 Å². The van der Waals surface area contributed by atoms with E-state index in [9.17, 15) is 4.79 Å². The van der Waals surface area contributed by atoms with Crippen molar-refractivity contribution in [3.8, 4) is 0 Å². The Bertz CT molecular complexity index is 306. The summed E-state index contributed by atoms with van der Waals surface area (Å²) < 4.78 is 27.3. The standard InChI is InChI=1S/C13H24NO6.Y/c1-6-19-13-10(14-8(2)15)12(18-5)11(17-4)9(20-13)7-16-3;/h9-13H,1,6-7H2,2-5H3,(H,14,15);/q-1;/t9-,10-,11+,12-,13-;/m1./s1. The summed E-state index contributed by atoms with van der Waals surface area (Å²) >= 11 is 0. The van der Waals surface area contributed by atoms with Gasteiger partial charge in [-0.2, -0.15) is 0 Å². The number of nitrogens with one attached hydrogen (secondary N) is 1. The fraction of sp³-hybridized carbons (Fsp3) is 0.846. The second kappa shape index (κ2) is 11.0. The average molecular weight is 379 g/mol. The SMILES string of the molecule is [CH2-]CO[C@@H]1O[C@H](COC)[C@H](OC)[C@H](OC)[C@H]1NC(C)=O.[Y]. The van der Waals surface area contributed by atoms with E-state index in [1.807, 2.05) is 0 Å². The van der Waals surface area contributed by atoms with Gasteiger partial charge in [-0.3, -0.25) is 4.79 Å². The van der Waals surface area contributed by atoms with Gasteiger partial charge in [0, 0.05) is 61.0 Å². The van der Waals surface area contributed by atoms with Gasteiger partial charge in [-0.1, -0.05) is 6.61 Å². The zero-order valence-corrected chi connectivity index (χ0v) is 15.9. The molecule has 1 N–H and O–H groups in total. The minimum absolute atomic E-state index is 0. The first kappa shape index (κ1) is 21.4. The summed E-state index contributed by atoms with van der Waals surface area (Å²) in [4.78, 5) is 11.4. The van der Waals surface area contributed by atoms with Crippen LogP contribution < -0.4 is 5.32 Å². The molecule has 1 radical (unpaired) electrons. The zero-order valence-electron chi connectivity index (χ0n) is 13.0. The van der Waals surface area contributed by atoms with Crippen LogP contribution in [0.5, 0.6) is 0 Å². The van der Waals surface area contributed by atoms with E-state index in [4.69, 9.17) is 23.7 Å². The molecular weight excluding hydrogens is 355 g/mol. The van der Waals surface area contributed by atoms with Crippen molar-refractivity contribution in [2.75, 3.05) is 34.5 Å². The first-order valence-corrected chi connectivity index (χ1v) is 6.46. The Morgan fingerprint density at radius 2 is 1.86 bits per heavy atom. The van der Waals surface area contributed by atoms with Crippen LogP contribution in [0.4, 0.5) is 0 Å². The first-order chi connectivity index (χ1) is 9.58. The van der Waals surface area contributed by atoms with Crippen molar-refractivity contribution >= 4 is 5.91 Å². The van der Waals surface area contributed by atoms with Crippen LogP contribution in [0.2, 0.25) is 0 Å². The summed E-state index contributed by atoms with van der Waals surface area (Å²) in [7, 11) is 4.70. The number of hydrogen-bond acceptors (Lipinski definition) is 6. The first-order valence-electron chi connectivity index (χ1n) is 6.46. The molecule has 0 unspecified atom stereocenters. The summed E-state index contributed by atoms with van der Waals surface area (Å²) in [6, 6.07) is -0.475. The molecule has 1 heterocycles. The van der Waals surface area contributed by atoms with Gasteiger partial charge in [0.15, 0.2) is 6.29 Å². The fourth-order valence-electron chi connectivity index (χ4n) is 2.41. The van der Waals surface area contributed by atoms with Gasteiger partial charge in [0.1, 0.15) is 24.4 Å². The predicted molar refractivity (Wildman–Crippen MR) is 71.0 cm³/mol. The quantitative estimate of drug-likeness (QED) is 0.615. The van der Waals surface area contributed by atoms with Crippen molar-refractivity contribution in [3.05, 3.63) is 6.92 Å². The van der Waals surface area contributed by atoms with Gasteiger partial charge < -0.3 is 35.9 Å². The van der Waals surface area contributed by atoms with Crippen LogP contribution in [0.25, 0.3) is 0 Å². The van der Waals surface area contributed by atoms with Gasteiger partial charge >= 0.3 is 0 Å². The minimum Gasteiger partial charge on any atom is -0.383 e. The van der Waals surface area contributed by atoms with Crippen LogP contribution in [0.15, 0.2) is 0 Å². The summed E-state index contributed by atoms with van der Waals surface area (Å²) in [6.07, 6.45) is -1.79. The van der Waals surface area contributed by atoms with Crippen LogP contribution >= 0.6 is 0 Å². The Balaban J connectivity index is 0.00000400. The smallest absolute Gasteiger partial charge is 0.217 e. The van der Waals surface area contributed by atoms with E-state index in [-0.39, 0.29) is 57.4 Å². The van der Waals surface area contributed by atoms with Gasteiger partial charge in [0.25, 0.3) is 0 Å². The average Bonchev–Trinajstić information content (AvgIpc) is 2.41. The van der Waals surface area contributed by atoms with E-state index in [2.05, 4.69) is 12.2 Å². The van der Waals surface area contributed by atoms with Gasteiger partial charge in [-0.15, -0.1) is 0 Å². The summed E-state index contributed by atoms with van der Waals surface area (Å²) in [5.41, 5.74) is 0. The third kappa shape index (κ3) is 5.82. The van der Waals surface area contributed by atoms with Crippen molar-refractivity contribution in [3.63, 3.8) is 0 Å². The Hall–Kier alpha value is 0.374. The molecule has 5 atom stereocenters. The third-order valence-electron chi connectivity index (χ3n) is 3.17. The Morgan fingerprint density at radius 3 is 2.29 bits per heavy atom. The molecule has 1 rings (SSSR count). The van der Waals surface area contributed by atoms with Crippen LogP contribution in [-0.4, -0.2) is 71.1 Å². The zero-order chi connectivity index (χ0) is 15.1. The van der Waals surface area contributed by atoms with Gasteiger partial charge in [0.2, 0.25) is 5.91 Å². The second-order valence-electron chi connectivity index (χ2n) is 4.50. The molecule has 1 aliphatic rings. The minimum atomic E-state index is -0.659. The number of carbonyl (C=O) groups is 1. The molecule has 0 bridgehead atoms. The molecule has 1 aliphatic heterocycles. The maximum Gasteiger partial charge on any atom is 0.217 e. The Kier molecular flexibility index (Phi) is 11.2. The summed E-state index contributed by atoms with van der Waals surface area (Å²) in [5.74, 6) is -0.196. The van der Waals surface area contributed by atoms with E-state index in [0.717, 1.165) is 0 Å². The van der Waals surface area contributed by atoms with Crippen molar-refractivity contribution in [1.29, 1.82) is 0 Å². The van der Waals surface area contributed by atoms with E-state index in [1.165, 1.54) is 6.92 Å². The van der Waals surface area contributed by atoms with Crippen LogP contribution in [0.1, 0.15) is 6.92 Å². The number of amides is 1. The van der Waals surface area contributed by atoms with E-state index < -0.39 is 18.4 Å². The number of hydrogen-bond donors (Lipinski definition) is 1. The Morgan fingerprint density at radius 1 is 1.24 bits per heavy atom. The van der Waals surface area contributed by atoms with Gasteiger partial charge in [0.05, 0.1) is 6.61 Å². The molecule has 0 spiro atoms.